The van der Waals surface area contributed by atoms with Gasteiger partial charge in [0, 0.05) is 0 Å². The molecule has 10 heteroatoms. The average molecular weight is 382 g/mol. The van der Waals surface area contributed by atoms with E-state index in [1.165, 1.54) is 24.3 Å². The number of amides is 3. The summed E-state index contributed by atoms with van der Waals surface area (Å²) >= 11 is 1.03. The molecule has 3 N–H and O–H groups in total. The number of nitrogens with two attached hydrogens (primary N) is 1. The van der Waals surface area contributed by atoms with Gasteiger partial charge >= 0.3 is 6.03 Å². The van der Waals surface area contributed by atoms with Crippen LogP contribution in [0.4, 0.5) is 9.18 Å². The minimum Gasteiger partial charge on any atom is -0.481 e. The van der Waals surface area contributed by atoms with Crippen LogP contribution in [0.5, 0.6) is 5.75 Å². The Morgan fingerprint density at radius 3 is 2.46 bits per heavy atom. The fraction of sp³-hybridized carbons (Fsp3) is 0.375. The second kappa shape index (κ2) is 8.65. The number of primary amides is 1. The monoisotopic (exact) mass is 382 g/mol. The molecule has 0 unspecified atom stereocenters. The Morgan fingerprint density at radius 1 is 1.23 bits per heavy atom. The zero-order valence-electron chi connectivity index (χ0n) is 14.4. The number of imide groups is 1. The predicted octanol–water partition coefficient (Wildman–Crippen LogP) is 2.66. The molecule has 26 heavy (non-hydrogen) atoms. The van der Waals surface area contributed by atoms with Gasteiger partial charge in [-0.15, -0.1) is 10.2 Å². The van der Waals surface area contributed by atoms with Crippen molar-refractivity contribution in [2.75, 3.05) is 0 Å². The Kier molecular flexibility index (Phi) is 6.56. The van der Waals surface area contributed by atoms with Crippen molar-refractivity contribution in [3.05, 3.63) is 36.0 Å². The molecule has 3 amide bonds. The van der Waals surface area contributed by atoms with Crippen molar-refractivity contribution >= 4 is 23.7 Å². The summed E-state index contributed by atoms with van der Waals surface area (Å²) in [5.41, 5.74) is 4.98. The molecule has 8 nitrogen and oxygen atoms in total. The Morgan fingerprint density at radius 2 is 1.88 bits per heavy atom. The van der Waals surface area contributed by atoms with Crippen LogP contribution >= 0.6 is 11.8 Å². The standard InChI is InChI=1S/C16H19FN4O4S/c1-8(2)12(13(22)19-15(18)23)26-16-21-20-14(25-16)9(3)24-11-6-4-10(17)5-7-11/h4-9,12H,1-3H3,(H3,18,19,22,23)/t9-,12-/m0/s1. The van der Waals surface area contributed by atoms with Crippen molar-refractivity contribution in [1.29, 1.82) is 0 Å². The van der Waals surface area contributed by atoms with E-state index in [1.54, 1.807) is 6.92 Å². The first-order chi connectivity index (χ1) is 12.3. The van der Waals surface area contributed by atoms with Gasteiger partial charge in [-0.25, -0.2) is 9.18 Å². The van der Waals surface area contributed by atoms with Gasteiger partial charge in [-0.05, 0) is 37.1 Å². The number of thioether (sulfide) groups is 1. The number of halogens is 1. The molecule has 2 aromatic rings. The summed E-state index contributed by atoms with van der Waals surface area (Å²) in [5, 5.41) is 9.36. The molecular weight excluding hydrogens is 363 g/mol. The maximum Gasteiger partial charge on any atom is 0.318 e. The number of nitrogens with zero attached hydrogens (tertiary/aromatic N) is 2. The molecule has 2 atom stereocenters. The van der Waals surface area contributed by atoms with Gasteiger partial charge in [0.15, 0.2) is 6.10 Å². The van der Waals surface area contributed by atoms with E-state index < -0.39 is 23.3 Å². The molecule has 1 aromatic heterocycles. The average Bonchev–Trinajstić information content (AvgIpc) is 3.02. The lowest BCUT2D eigenvalue weighted by Crippen LogP contribution is -2.42. The largest absolute Gasteiger partial charge is 0.481 e. The van der Waals surface area contributed by atoms with Crippen molar-refractivity contribution < 1.29 is 23.1 Å². The van der Waals surface area contributed by atoms with Crippen LogP contribution in [0, 0.1) is 11.7 Å². The molecule has 0 aliphatic heterocycles. The van der Waals surface area contributed by atoms with Gasteiger partial charge in [0.1, 0.15) is 11.6 Å². The number of nitrogens with one attached hydrogen (secondary N) is 1. The van der Waals surface area contributed by atoms with Crippen LogP contribution in [-0.2, 0) is 4.79 Å². The molecule has 0 saturated heterocycles. The van der Waals surface area contributed by atoms with Gasteiger partial charge in [-0.2, -0.15) is 0 Å². The second-order valence-electron chi connectivity index (χ2n) is 5.76. The Hall–Kier alpha value is -2.62. The number of ether oxygens (including phenoxy) is 1. The zero-order valence-corrected chi connectivity index (χ0v) is 15.2. The molecule has 0 bridgehead atoms. The van der Waals surface area contributed by atoms with Gasteiger partial charge < -0.3 is 14.9 Å². The van der Waals surface area contributed by atoms with E-state index >= 15 is 0 Å². The number of hydrogen-bond donors (Lipinski definition) is 2. The van der Waals surface area contributed by atoms with Crippen molar-refractivity contribution in [2.45, 2.75) is 37.3 Å². The Bertz CT molecular complexity index is 766. The van der Waals surface area contributed by atoms with E-state index in [0.717, 1.165) is 11.8 Å². The van der Waals surface area contributed by atoms with Crippen LogP contribution in [0.3, 0.4) is 0 Å². The van der Waals surface area contributed by atoms with Crippen molar-refractivity contribution in [1.82, 2.24) is 15.5 Å². The molecule has 0 saturated carbocycles. The Labute approximate surface area is 153 Å². The fourth-order valence-electron chi connectivity index (χ4n) is 1.99. The van der Waals surface area contributed by atoms with E-state index in [-0.39, 0.29) is 22.8 Å². The number of rotatable bonds is 7. The van der Waals surface area contributed by atoms with E-state index in [9.17, 15) is 14.0 Å². The molecule has 1 heterocycles. The summed E-state index contributed by atoms with van der Waals surface area (Å²) in [4.78, 5) is 22.9. The van der Waals surface area contributed by atoms with Crippen molar-refractivity contribution in [3.8, 4) is 5.75 Å². The molecule has 0 aliphatic rings. The van der Waals surface area contributed by atoms with Crippen molar-refractivity contribution in [2.24, 2.45) is 11.7 Å². The molecule has 140 valence electrons. The number of carbonyl (C=O) groups is 2. The molecule has 2 rings (SSSR count). The topological polar surface area (TPSA) is 120 Å². The SMILES string of the molecule is CC(C)[C@H](Sc1nnc([C@H](C)Oc2ccc(F)cc2)o1)C(=O)NC(N)=O. The first-order valence-corrected chi connectivity index (χ1v) is 8.66. The lowest BCUT2D eigenvalue weighted by atomic mass is 10.1. The van der Waals surface area contributed by atoms with Crippen LogP contribution in [-0.4, -0.2) is 27.4 Å². The highest BCUT2D eigenvalue weighted by molar-refractivity contribution is 8.00. The smallest absolute Gasteiger partial charge is 0.318 e. The molecular formula is C16H19FN4O4S. The van der Waals surface area contributed by atoms with Crippen LogP contribution in [0.1, 0.15) is 32.8 Å². The molecule has 0 spiro atoms. The minimum absolute atomic E-state index is 0.109. The number of hydrogen-bond acceptors (Lipinski definition) is 7. The lowest BCUT2D eigenvalue weighted by Gasteiger charge is -2.16. The third kappa shape index (κ3) is 5.45. The van der Waals surface area contributed by atoms with Crippen LogP contribution in [0.25, 0.3) is 0 Å². The zero-order chi connectivity index (χ0) is 19.3. The predicted molar refractivity (Wildman–Crippen MR) is 92.0 cm³/mol. The minimum atomic E-state index is -0.922. The normalized spacial score (nSPS) is 13.3. The van der Waals surface area contributed by atoms with E-state index in [2.05, 4.69) is 10.2 Å². The van der Waals surface area contributed by atoms with Crippen LogP contribution in [0.15, 0.2) is 33.9 Å². The Balaban J connectivity index is 2.03. The second-order valence-corrected chi connectivity index (χ2v) is 6.85. The number of aromatic nitrogens is 2. The van der Waals surface area contributed by atoms with Gasteiger partial charge in [0.25, 0.3) is 11.1 Å². The highest BCUT2D eigenvalue weighted by atomic mass is 32.2. The van der Waals surface area contributed by atoms with E-state index in [1.807, 2.05) is 19.2 Å². The number of urea groups is 1. The maximum atomic E-state index is 12.9. The lowest BCUT2D eigenvalue weighted by molar-refractivity contribution is -0.120. The van der Waals surface area contributed by atoms with Crippen molar-refractivity contribution in [3.63, 3.8) is 0 Å². The third-order valence-corrected chi connectivity index (χ3v) is 4.61. The van der Waals surface area contributed by atoms with Gasteiger partial charge in [-0.3, -0.25) is 10.1 Å². The van der Waals surface area contributed by atoms with Gasteiger partial charge in [0.05, 0.1) is 5.25 Å². The summed E-state index contributed by atoms with van der Waals surface area (Å²) in [6.45, 7) is 5.33. The molecule has 0 aliphatic carbocycles. The summed E-state index contributed by atoms with van der Waals surface area (Å²) in [6, 6.07) is 4.61. The quantitative estimate of drug-likeness (QED) is 0.706. The summed E-state index contributed by atoms with van der Waals surface area (Å²) in [7, 11) is 0. The van der Waals surface area contributed by atoms with Crippen LogP contribution < -0.4 is 15.8 Å². The van der Waals surface area contributed by atoms with E-state index in [4.69, 9.17) is 14.9 Å². The van der Waals surface area contributed by atoms with E-state index in [0.29, 0.717) is 5.75 Å². The maximum absolute atomic E-state index is 12.9. The summed E-state index contributed by atoms with van der Waals surface area (Å²) in [6.07, 6.45) is -0.570. The highest BCUT2D eigenvalue weighted by Gasteiger charge is 2.27. The number of carbonyl (C=O) groups excluding carboxylic acids is 2. The first-order valence-electron chi connectivity index (χ1n) is 7.79. The molecule has 0 fully saturated rings. The van der Waals surface area contributed by atoms with Crippen LogP contribution in [0.2, 0.25) is 0 Å². The first kappa shape index (κ1) is 19.7. The third-order valence-electron chi connectivity index (χ3n) is 3.23. The fourth-order valence-corrected chi connectivity index (χ4v) is 2.87. The van der Waals surface area contributed by atoms with Gasteiger partial charge in [-0.1, -0.05) is 25.6 Å². The molecule has 1 aromatic carbocycles. The number of benzene rings is 1. The summed E-state index contributed by atoms with van der Waals surface area (Å²) < 4.78 is 24.1. The van der Waals surface area contributed by atoms with Gasteiger partial charge in [0.2, 0.25) is 5.91 Å². The molecule has 0 radical (unpaired) electrons. The summed E-state index contributed by atoms with van der Waals surface area (Å²) in [5.74, 6) is -0.354. The highest BCUT2D eigenvalue weighted by Crippen LogP contribution is 2.29.